The smallest absolute Gasteiger partial charge is 0.331 e. The number of hydrogen-bond donors (Lipinski definition) is 1. The predicted molar refractivity (Wildman–Crippen MR) is 67.5 cm³/mol. The van der Waals surface area contributed by atoms with Crippen LogP contribution >= 0.6 is 0 Å². The molecule has 0 heterocycles. The van der Waals surface area contributed by atoms with Gasteiger partial charge in [0, 0.05) is 18.5 Å². The molecule has 1 amide bonds. The average molecular weight is 280 g/mol. The molecule has 0 radical (unpaired) electrons. The Morgan fingerprint density at radius 1 is 1.32 bits per heavy atom. The van der Waals surface area contributed by atoms with Gasteiger partial charge in [-0.3, -0.25) is 4.79 Å². The lowest BCUT2D eigenvalue weighted by molar-refractivity contribution is -0.166. The minimum absolute atomic E-state index is 0.0250. The van der Waals surface area contributed by atoms with Crippen molar-refractivity contribution in [2.75, 3.05) is 6.54 Å². The highest BCUT2D eigenvalue weighted by molar-refractivity contribution is 5.77. The highest BCUT2D eigenvalue weighted by atomic mass is 19.4. The molecule has 1 aliphatic rings. The van der Waals surface area contributed by atoms with Crippen molar-refractivity contribution in [2.24, 2.45) is 11.7 Å². The Balaban J connectivity index is 2.67. The van der Waals surface area contributed by atoms with Crippen molar-refractivity contribution < 1.29 is 18.0 Å². The molecule has 0 spiro atoms. The minimum Gasteiger partial charge on any atom is -0.331 e. The van der Waals surface area contributed by atoms with E-state index in [9.17, 15) is 18.0 Å². The molecule has 1 fully saturated rings. The number of rotatable bonds is 7. The van der Waals surface area contributed by atoms with E-state index in [1.807, 2.05) is 0 Å². The Labute approximate surface area is 112 Å². The van der Waals surface area contributed by atoms with Crippen LogP contribution in [-0.2, 0) is 4.79 Å². The van der Waals surface area contributed by atoms with Crippen molar-refractivity contribution in [1.82, 2.24) is 4.90 Å². The summed E-state index contributed by atoms with van der Waals surface area (Å²) in [6, 6.07) is -0.655. The van der Waals surface area contributed by atoms with Crippen LogP contribution in [0.4, 0.5) is 13.2 Å². The lowest BCUT2D eigenvalue weighted by atomic mass is 10.1. The van der Waals surface area contributed by atoms with Gasteiger partial charge in [0.2, 0.25) is 5.91 Å². The number of alkyl halides is 3. The van der Waals surface area contributed by atoms with Gasteiger partial charge >= 0.3 is 6.18 Å². The van der Waals surface area contributed by atoms with Crippen LogP contribution in [0, 0.1) is 5.92 Å². The second-order valence-electron chi connectivity index (χ2n) is 5.31. The van der Waals surface area contributed by atoms with Crippen LogP contribution in [0.1, 0.15) is 46.0 Å². The van der Waals surface area contributed by atoms with Crippen molar-refractivity contribution in [1.29, 1.82) is 0 Å². The summed E-state index contributed by atoms with van der Waals surface area (Å²) in [4.78, 5) is 13.0. The van der Waals surface area contributed by atoms with Gasteiger partial charge in [-0.15, -0.1) is 0 Å². The normalized spacial score (nSPS) is 17.6. The first-order chi connectivity index (χ1) is 8.78. The molecule has 1 atom stereocenters. The Hall–Kier alpha value is -0.780. The lowest BCUT2D eigenvalue weighted by Gasteiger charge is -2.32. The fraction of sp³-hybridized carbons (Fsp3) is 0.923. The first-order valence-electron chi connectivity index (χ1n) is 6.90. The van der Waals surface area contributed by atoms with Crippen molar-refractivity contribution in [3.63, 3.8) is 0 Å². The lowest BCUT2D eigenvalue weighted by Crippen LogP contribution is -2.47. The molecule has 0 bridgehead atoms. The molecule has 0 aromatic heterocycles. The highest BCUT2D eigenvalue weighted by Crippen LogP contribution is 2.33. The maximum atomic E-state index is 12.6. The molecular formula is C13H23F3N2O. The zero-order chi connectivity index (χ0) is 14.6. The maximum Gasteiger partial charge on any atom is 0.406 e. The van der Waals surface area contributed by atoms with Gasteiger partial charge in [-0.2, -0.15) is 13.2 Å². The van der Waals surface area contributed by atoms with Crippen molar-refractivity contribution >= 4 is 5.91 Å². The number of carbonyl (C=O) groups is 1. The molecule has 3 nitrogen and oxygen atoms in total. The fourth-order valence-electron chi connectivity index (χ4n) is 2.35. The van der Waals surface area contributed by atoms with Crippen LogP contribution in [0.15, 0.2) is 0 Å². The zero-order valence-electron chi connectivity index (χ0n) is 11.5. The Morgan fingerprint density at radius 2 is 1.84 bits per heavy atom. The number of halogens is 3. The minimum atomic E-state index is -4.36. The summed E-state index contributed by atoms with van der Waals surface area (Å²) in [5.41, 5.74) is 5.84. The quantitative estimate of drug-likeness (QED) is 0.779. The molecule has 1 saturated carbocycles. The topological polar surface area (TPSA) is 46.3 Å². The molecular weight excluding hydrogens is 257 g/mol. The van der Waals surface area contributed by atoms with Crippen LogP contribution in [0.3, 0.4) is 0 Å². The molecule has 1 unspecified atom stereocenters. The fourth-order valence-corrected chi connectivity index (χ4v) is 2.35. The molecule has 19 heavy (non-hydrogen) atoms. The number of carbonyl (C=O) groups excluding carboxylic acids is 1. The third-order valence-corrected chi connectivity index (χ3v) is 3.69. The molecule has 1 aliphatic carbocycles. The van der Waals surface area contributed by atoms with Gasteiger partial charge in [-0.1, -0.05) is 13.8 Å². The molecule has 112 valence electrons. The molecule has 1 rings (SSSR count). The average Bonchev–Trinajstić information content (AvgIpc) is 3.11. The van der Waals surface area contributed by atoms with Crippen LogP contribution in [-0.4, -0.2) is 35.6 Å². The van der Waals surface area contributed by atoms with E-state index in [-0.39, 0.29) is 18.5 Å². The van der Waals surface area contributed by atoms with E-state index in [0.717, 1.165) is 17.7 Å². The van der Waals surface area contributed by atoms with E-state index in [4.69, 9.17) is 5.73 Å². The monoisotopic (exact) mass is 280 g/mol. The van der Waals surface area contributed by atoms with Gasteiger partial charge in [0.25, 0.3) is 0 Å². The van der Waals surface area contributed by atoms with Crippen LogP contribution in [0.2, 0.25) is 0 Å². The molecule has 0 saturated heterocycles. The van der Waals surface area contributed by atoms with Gasteiger partial charge in [0.1, 0.15) is 6.54 Å². The van der Waals surface area contributed by atoms with Gasteiger partial charge in [0.15, 0.2) is 0 Å². The van der Waals surface area contributed by atoms with E-state index in [1.165, 1.54) is 0 Å². The summed E-state index contributed by atoms with van der Waals surface area (Å²) in [6.45, 7) is 2.42. The Kier molecular flexibility index (Phi) is 5.64. The van der Waals surface area contributed by atoms with Crippen LogP contribution in [0.25, 0.3) is 0 Å². The third kappa shape index (κ3) is 5.38. The summed E-state index contributed by atoms with van der Waals surface area (Å²) < 4.78 is 37.7. The van der Waals surface area contributed by atoms with Gasteiger partial charge < -0.3 is 10.6 Å². The van der Waals surface area contributed by atoms with E-state index >= 15 is 0 Å². The predicted octanol–water partition coefficient (Wildman–Crippen LogP) is 2.69. The van der Waals surface area contributed by atoms with E-state index < -0.39 is 18.6 Å². The standard InChI is InChI=1S/C13H23F3N2O/c1-3-10(4-2)18(8-13(14,15)16)12(19)7-11(17)9-5-6-9/h9-11H,3-8,17H2,1-2H3. The summed E-state index contributed by atoms with van der Waals surface area (Å²) in [7, 11) is 0. The number of nitrogens with two attached hydrogens (primary N) is 1. The first-order valence-corrected chi connectivity index (χ1v) is 6.90. The highest BCUT2D eigenvalue weighted by Gasteiger charge is 2.37. The summed E-state index contributed by atoms with van der Waals surface area (Å²) in [5, 5.41) is 0. The van der Waals surface area contributed by atoms with Crippen LogP contribution < -0.4 is 5.73 Å². The van der Waals surface area contributed by atoms with Crippen LogP contribution in [0.5, 0.6) is 0 Å². The van der Waals surface area contributed by atoms with E-state index in [0.29, 0.717) is 18.8 Å². The number of amides is 1. The SMILES string of the molecule is CCC(CC)N(CC(F)(F)F)C(=O)CC(N)C1CC1. The number of hydrogen-bond acceptors (Lipinski definition) is 2. The molecule has 2 N–H and O–H groups in total. The van der Waals surface area contributed by atoms with E-state index in [1.54, 1.807) is 13.8 Å². The third-order valence-electron chi connectivity index (χ3n) is 3.69. The van der Waals surface area contributed by atoms with E-state index in [2.05, 4.69) is 0 Å². The Bertz CT molecular complexity index is 299. The van der Waals surface area contributed by atoms with Gasteiger partial charge in [-0.05, 0) is 31.6 Å². The second-order valence-corrected chi connectivity index (χ2v) is 5.31. The van der Waals surface area contributed by atoms with Crippen molar-refractivity contribution in [3.05, 3.63) is 0 Å². The largest absolute Gasteiger partial charge is 0.406 e. The summed E-state index contributed by atoms with van der Waals surface area (Å²) >= 11 is 0. The van der Waals surface area contributed by atoms with Crippen molar-refractivity contribution in [2.45, 2.75) is 64.2 Å². The van der Waals surface area contributed by atoms with Gasteiger partial charge in [0.05, 0.1) is 0 Å². The summed E-state index contributed by atoms with van der Waals surface area (Å²) in [5.74, 6) is -0.149. The molecule has 0 aromatic carbocycles. The molecule has 0 aliphatic heterocycles. The zero-order valence-corrected chi connectivity index (χ0v) is 11.5. The molecule has 0 aromatic rings. The Morgan fingerprint density at radius 3 is 2.21 bits per heavy atom. The summed E-state index contributed by atoms with van der Waals surface area (Å²) in [6.07, 6.45) is -1.31. The van der Waals surface area contributed by atoms with Gasteiger partial charge in [-0.25, -0.2) is 0 Å². The van der Waals surface area contributed by atoms with Crippen molar-refractivity contribution in [3.8, 4) is 0 Å². The number of nitrogens with zero attached hydrogens (tertiary/aromatic N) is 1. The first kappa shape index (κ1) is 16.3. The maximum absolute atomic E-state index is 12.6. The molecule has 6 heteroatoms. The second kappa shape index (κ2) is 6.59.